The maximum atomic E-state index is 13.7. The van der Waals surface area contributed by atoms with Gasteiger partial charge in [-0.2, -0.15) is 0 Å². The lowest BCUT2D eigenvalue weighted by Gasteiger charge is -2.33. The molecule has 0 bridgehead atoms. The molecule has 4 unspecified atom stereocenters. The van der Waals surface area contributed by atoms with Gasteiger partial charge in [-0.25, -0.2) is 0 Å². The average Bonchev–Trinajstić information content (AvgIpc) is 2.94. The Morgan fingerprint density at radius 3 is 2.82 bits per heavy atom. The van der Waals surface area contributed by atoms with E-state index in [4.69, 9.17) is 4.74 Å². The summed E-state index contributed by atoms with van der Waals surface area (Å²) in [5.74, 6) is -0.531. The molecule has 0 radical (unpaired) electrons. The molecule has 5 rings (SSSR count). The van der Waals surface area contributed by atoms with Crippen molar-refractivity contribution in [1.29, 1.82) is 0 Å². The fraction of sp³-hybridized carbons (Fsp3) is 0.469. The Balaban J connectivity index is 1.42. The average molecular weight is 529 g/mol. The third kappa shape index (κ3) is 5.93. The number of nitrogens with zero attached hydrogens (tertiary/aromatic N) is 1. The van der Waals surface area contributed by atoms with Crippen LogP contribution in [-0.2, 0) is 9.53 Å². The minimum Gasteiger partial charge on any atom is -0.382 e. The fourth-order valence-electron chi connectivity index (χ4n) is 5.98. The van der Waals surface area contributed by atoms with E-state index in [-0.39, 0.29) is 42.5 Å². The molecule has 2 amide bonds. The Bertz CT molecular complexity index is 1300. The summed E-state index contributed by atoms with van der Waals surface area (Å²) in [5.41, 5.74) is 7.63. The molecule has 3 heterocycles. The molecule has 1 aromatic carbocycles. The van der Waals surface area contributed by atoms with Crippen LogP contribution in [0.25, 0.3) is 11.1 Å². The topological polar surface area (TPSA) is 92.4 Å². The molecule has 1 aromatic heterocycles. The summed E-state index contributed by atoms with van der Waals surface area (Å²) in [6.07, 6.45) is 11.0. The predicted octanol–water partition coefficient (Wildman–Crippen LogP) is 5.25. The van der Waals surface area contributed by atoms with Crippen LogP contribution in [0.2, 0.25) is 0 Å². The van der Waals surface area contributed by atoms with Crippen LogP contribution < -0.4 is 16.0 Å². The molecule has 0 spiro atoms. The van der Waals surface area contributed by atoms with Crippen molar-refractivity contribution in [2.24, 2.45) is 5.92 Å². The van der Waals surface area contributed by atoms with Gasteiger partial charge in [-0.1, -0.05) is 30.7 Å². The summed E-state index contributed by atoms with van der Waals surface area (Å²) >= 11 is 0. The quantitative estimate of drug-likeness (QED) is 0.457. The standard InChI is InChI=1S/C32H40N4O3/c1-5-25-16-24(12-13-39-25)36-30-15-23(22-11-10-19(2)33-17-22)14-28(20(30)3)31(37)34-18-29-27-9-7-6-8-26(27)21(4)35-32(29)38/h6,8,10-11,14-15,17,21,24-25,29,36H,5,7,9,12-13,16,18H2,1-4H3,(H,34,37)(H,35,38). The molecular formula is C32H40N4O3. The molecule has 3 aliphatic rings. The van der Waals surface area contributed by atoms with Crippen molar-refractivity contribution in [3.8, 4) is 11.1 Å². The molecule has 3 N–H and O–H groups in total. The van der Waals surface area contributed by atoms with Crippen molar-refractivity contribution in [3.63, 3.8) is 0 Å². The summed E-state index contributed by atoms with van der Waals surface area (Å²) < 4.78 is 5.88. The lowest BCUT2D eigenvalue weighted by atomic mass is 9.81. The van der Waals surface area contributed by atoms with Crippen molar-refractivity contribution < 1.29 is 14.3 Å². The zero-order valence-corrected chi connectivity index (χ0v) is 23.5. The first-order valence-corrected chi connectivity index (χ1v) is 14.3. The smallest absolute Gasteiger partial charge is 0.251 e. The van der Waals surface area contributed by atoms with Gasteiger partial charge in [0, 0.05) is 47.9 Å². The number of aryl methyl sites for hydroxylation is 1. The number of hydrogen-bond donors (Lipinski definition) is 3. The van der Waals surface area contributed by atoms with Crippen LogP contribution in [0.1, 0.15) is 67.6 Å². The number of allylic oxidation sites excluding steroid dienone is 1. The first-order valence-electron chi connectivity index (χ1n) is 14.3. The molecule has 1 saturated heterocycles. The monoisotopic (exact) mass is 528 g/mol. The van der Waals surface area contributed by atoms with Gasteiger partial charge in [0.1, 0.15) is 0 Å². The zero-order chi connectivity index (χ0) is 27.5. The second-order valence-corrected chi connectivity index (χ2v) is 11.1. The molecule has 206 valence electrons. The number of rotatable bonds is 7. The molecular weight excluding hydrogens is 488 g/mol. The molecule has 2 aliphatic heterocycles. The second kappa shape index (κ2) is 11.7. The number of amides is 2. The molecule has 0 saturated carbocycles. The number of ether oxygens (including phenoxy) is 1. The van der Waals surface area contributed by atoms with E-state index >= 15 is 0 Å². The van der Waals surface area contributed by atoms with E-state index < -0.39 is 0 Å². The van der Waals surface area contributed by atoms with Crippen LogP contribution in [0.3, 0.4) is 0 Å². The van der Waals surface area contributed by atoms with Gasteiger partial charge >= 0.3 is 0 Å². The first-order chi connectivity index (χ1) is 18.8. The van der Waals surface area contributed by atoms with Crippen LogP contribution in [0, 0.1) is 19.8 Å². The molecule has 1 aliphatic carbocycles. The third-order valence-electron chi connectivity index (χ3n) is 8.36. The molecule has 2 aromatic rings. The molecule has 7 nitrogen and oxygen atoms in total. The van der Waals surface area contributed by atoms with Crippen molar-refractivity contribution in [1.82, 2.24) is 15.6 Å². The number of carbonyl (C=O) groups excluding carboxylic acids is 2. The molecule has 7 heteroatoms. The lowest BCUT2D eigenvalue weighted by Crippen LogP contribution is -2.48. The number of benzene rings is 1. The maximum absolute atomic E-state index is 13.7. The van der Waals surface area contributed by atoms with Gasteiger partial charge in [0.15, 0.2) is 0 Å². The highest BCUT2D eigenvalue weighted by atomic mass is 16.5. The Labute approximate surface area is 231 Å². The highest BCUT2D eigenvalue weighted by Gasteiger charge is 2.33. The number of nitrogens with one attached hydrogen (secondary N) is 3. The summed E-state index contributed by atoms with van der Waals surface area (Å²) in [6.45, 7) is 9.14. The van der Waals surface area contributed by atoms with Crippen LogP contribution in [0.5, 0.6) is 0 Å². The Morgan fingerprint density at radius 1 is 1.21 bits per heavy atom. The summed E-state index contributed by atoms with van der Waals surface area (Å²) in [4.78, 5) is 31.1. The van der Waals surface area contributed by atoms with Crippen LogP contribution in [-0.4, -0.2) is 48.1 Å². The number of aromatic nitrogens is 1. The van der Waals surface area contributed by atoms with E-state index in [1.165, 1.54) is 5.57 Å². The number of pyridine rings is 1. The Hall–Kier alpha value is -3.45. The van der Waals surface area contributed by atoms with Crippen molar-refractivity contribution >= 4 is 17.5 Å². The van der Waals surface area contributed by atoms with Gasteiger partial charge in [0.05, 0.1) is 18.1 Å². The van der Waals surface area contributed by atoms with E-state index in [1.807, 2.05) is 45.2 Å². The maximum Gasteiger partial charge on any atom is 0.251 e. The summed E-state index contributed by atoms with van der Waals surface area (Å²) in [6, 6.07) is 8.37. The van der Waals surface area contributed by atoms with E-state index in [2.05, 4.69) is 46.1 Å². The van der Waals surface area contributed by atoms with Gasteiger partial charge in [-0.15, -0.1) is 0 Å². The van der Waals surface area contributed by atoms with Crippen molar-refractivity contribution in [2.45, 2.75) is 78.0 Å². The molecule has 4 atom stereocenters. The fourth-order valence-corrected chi connectivity index (χ4v) is 5.98. The summed E-state index contributed by atoms with van der Waals surface area (Å²) in [7, 11) is 0. The largest absolute Gasteiger partial charge is 0.382 e. The number of hydrogen-bond acceptors (Lipinski definition) is 5. The zero-order valence-electron chi connectivity index (χ0n) is 23.5. The van der Waals surface area contributed by atoms with E-state index in [0.29, 0.717) is 5.56 Å². The molecule has 1 fully saturated rings. The van der Waals surface area contributed by atoms with E-state index in [1.54, 1.807) is 0 Å². The van der Waals surface area contributed by atoms with Crippen LogP contribution in [0.15, 0.2) is 53.8 Å². The third-order valence-corrected chi connectivity index (χ3v) is 8.36. The number of carbonyl (C=O) groups is 2. The Morgan fingerprint density at radius 2 is 2.05 bits per heavy atom. The lowest BCUT2D eigenvalue weighted by molar-refractivity contribution is -0.124. The van der Waals surface area contributed by atoms with E-state index in [9.17, 15) is 9.59 Å². The van der Waals surface area contributed by atoms with E-state index in [0.717, 1.165) is 72.4 Å². The predicted molar refractivity (Wildman–Crippen MR) is 155 cm³/mol. The van der Waals surface area contributed by atoms with Crippen molar-refractivity contribution in [2.75, 3.05) is 18.5 Å². The Kier molecular flexibility index (Phi) is 8.17. The minimum atomic E-state index is -0.347. The van der Waals surface area contributed by atoms with Crippen LogP contribution >= 0.6 is 0 Å². The normalized spacial score (nSPS) is 24.7. The highest BCUT2D eigenvalue weighted by Crippen LogP contribution is 2.33. The minimum absolute atomic E-state index is 0.00386. The van der Waals surface area contributed by atoms with Crippen molar-refractivity contribution in [3.05, 3.63) is 70.6 Å². The second-order valence-electron chi connectivity index (χ2n) is 11.1. The highest BCUT2D eigenvalue weighted by molar-refractivity contribution is 5.99. The van der Waals surface area contributed by atoms with Gasteiger partial charge in [0.2, 0.25) is 5.91 Å². The van der Waals surface area contributed by atoms with Gasteiger partial charge < -0.3 is 20.7 Å². The van der Waals surface area contributed by atoms with Gasteiger partial charge in [-0.3, -0.25) is 14.6 Å². The van der Waals surface area contributed by atoms with Gasteiger partial charge in [0.25, 0.3) is 5.91 Å². The summed E-state index contributed by atoms with van der Waals surface area (Å²) in [5, 5.41) is 9.90. The van der Waals surface area contributed by atoms with Gasteiger partial charge in [-0.05, 0) is 87.8 Å². The SMILES string of the molecule is CCC1CC(Nc2cc(-c3ccc(C)nc3)cc(C(=O)NCC3C(=O)NC(C)C4=C3CCC=C4)c2C)CCO1. The first kappa shape index (κ1) is 27.1. The number of anilines is 1. The molecule has 39 heavy (non-hydrogen) atoms. The van der Waals surface area contributed by atoms with Crippen LogP contribution in [0.4, 0.5) is 5.69 Å².